The summed E-state index contributed by atoms with van der Waals surface area (Å²) >= 11 is 1.54. The molecule has 4 nitrogen and oxygen atoms in total. The quantitative estimate of drug-likeness (QED) is 0.522. The van der Waals surface area contributed by atoms with Gasteiger partial charge in [0.2, 0.25) is 0 Å². The highest BCUT2D eigenvalue weighted by molar-refractivity contribution is 7.25. The van der Waals surface area contributed by atoms with Crippen LogP contribution in [0.5, 0.6) is 0 Å². The third kappa shape index (κ3) is 1.22. The van der Waals surface area contributed by atoms with Gasteiger partial charge in [0, 0.05) is 10.8 Å². The Kier molecular flexibility index (Phi) is 1.82. The molecule has 4 aromatic rings. The number of pyridine rings is 1. The molecule has 5 heteroatoms. The number of hydrogen-bond acceptors (Lipinski definition) is 5. The second-order valence-corrected chi connectivity index (χ2v) is 5.07. The molecule has 0 amide bonds. The zero-order valence-electron chi connectivity index (χ0n) is 9.29. The fourth-order valence-electron chi connectivity index (χ4n) is 2.12. The van der Waals surface area contributed by atoms with E-state index in [-0.39, 0.29) is 0 Å². The first kappa shape index (κ1) is 9.73. The number of hydrogen-bond donors (Lipinski definition) is 1. The van der Waals surface area contributed by atoms with Gasteiger partial charge >= 0.3 is 0 Å². The maximum absolute atomic E-state index is 5.88. The van der Waals surface area contributed by atoms with Crippen molar-refractivity contribution in [1.82, 2.24) is 15.0 Å². The van der Waals surface area contributed by atoms with Crippen molar-refractivity contribution in [3.8, 4) is 0 Å². The molecule has 0 bridgehead atoms. The average Bonchev–Trinajstić information content (AvgIpc) is 2.76. The van der Waals surface area contributed by atoms with E-state index in [0.29, 0.717) is 5.82 Å². The third-order valence-electron chi connectivity index (χ3n) is 2.97. The Bertz CT molecular complexity index is 897. The molecule has 3 heterocycles. The molecular formula is C13H8N4S. The predicted molar refractivity (Wildman–Crippen MR) is 74.6 cm³/mol. The zero-order valence-corrected chi connectivity index (χ0v) is 10.1. The number of rotatable bonds is 0. The van der Waals surface area contributed by atoms with Crippen molar-refractivity contribution >= 4 is 48.5 Å². The molecule has 0 spiro atoms. The molecule has 1 aromatic carbocycles. The number of para-hydroxylation sites is 1. The van der Waals surface area contributed by atoms with Gasteiger partial charge in [-0.2, -0.15) is 0 Å². The van der Waals surface area contributed by atoms with E-state index >= 15 is 0 Å². The first-order chi connectivity index (χ1) is 8.83. The minimum Gasteiger partial charge on any atom is -0.382 e. The van der Waals surface area contributed by atoms with Gasteiger partial charge in [0.1, 0.15) is 17.0 Å². The largest absolute Gasteiger partial charge is 0.382 e. The first-order valence-electron chi connectivity index (χ1n) is 5.51. The molecule has 3 aromatic heterocycles. The molecular weight excluding hydrogens is 244 g/mol. The van der Waals surface area contributed by atoms with E-state index in [2.05, 4.69) is 27.1 Å². The van der Waals surface area contributed by atoms with Gasteiger partial charge < -0.3 is 5.73 Å². The van der Waals surface area contributed by atoms with E-state index in [4.69, 9.17) is 5.73 Å². The Hall–Kier alpha value is -2.27. The molecule has 0 aliphatic rings. The van der Waals surface area contributed by atoms with Crippen molar-refractivity contribution in [3.63, 3.8) is 0 Å². The van der Waals surface area contributed by atoms with Gasteiger partial charge in [0.25, 0.3) is 0 Å². The molecule has 0 fully saturated rings. The lowest BCUT2D eigenvalue weighted by Gasteiger charge is -1.96. The lowest BCUT2D eigenvalue weighted by molar-refractivity contribution is 1.24. The number of benzene rings is 1. The van der Waals surface area contributed by atoms with E-state index in [1.807, 2.05) is 18.2 Å². The van der Waals surface area contributed by atoms with Gasteiger partial charge in [0.15, 0.2) is 0 Å². The van der Waals surface area contributed by atoms with Gasteiger partial charge in [-0.3, -0.25) is 0 Å². The molecule has 0 saturated heterocycles. The Morgan fingerprint density at radius 3 is 2.94 bits per heavy atom. The molecule has 18 heavy (non-hydrogen) atoms. The Morgan fingerprint density at radius 1 is 1.11 bits per heavy atom. The number of nitrogens with two attached hydrogens (primary N) is 1. The van der Waals surface area contributed by atoms with Crippen LogP contribution in [0.15, 0.2) is 36.7 Å². The van der Waals surface area contributed by atoms with Crippen LogP contribution in [0.3, 0.4) is 0 Å². The number of fused-ring (bicyclic) bond motifs is 4. The van der Waals surface area contributed by atoms with Gasteiger partial charge in [-0.05, 0) is 12.1 Å². The summed E-state index contributed by atoms with van der Waals surface area (Å²) in [4.78, 5) is 13.9. The smallest absolute Gasteiger partial charge is 0.144 e. The van der Waals surface area contributed by atoms with Gasteiger partial charge in [-0.15, -0.1) is 11.3 Å². The fourth-order valence-corrected chi connectivity index (χ4v) is 3.14. The molecule has 0 atom stereocenters. The fraction of sp³-hybridized carbons (Fsp3) is 0. The summed E-state index contributed by atoms with van der Waals surface area (Å²) in [5.74, 6) is 0.520. The van der Waals surface area contributed by atoms with E-state index < -0.39 is 0 Å². The molecule has 4 rings (SSSR count). The molecule has 0 aliphatic carbocycles. The average molecular weight is 252 g/mol. The van der Waals surface area contributed by atoms with Crippen LogP contribution in [0.25, 0.3) is 31.3 Å². The highest BCUT2D eigenvalue weighted by Gasteiger charge is 2.11. The zero-order chi connectivity index (χ0) is 12.1. The second-order valence-electron chi connectivity index (χ2n) is 4.07. The van der Waals surface area contributed by atoms with Crippen molar-refractivity contribution in [3.05, 3.63) is 36.7 Å². The van der Waals surface area contributed by atoms with Crippen molar-refractivity contribution in [2.75, 3.05) is 5.73 Å². The molecule has 0 radical (unpaired) electrons. The van der Waals surface area contributed by atoms with Crippen LogP contribution in [-0.4, -0.2) is 15.0 Å². The van der Waals surface area contributed by atoms with E-state index in [0.717, 1.165) is 31.3 Å². The molecule has 2 N–H and O–H groups in total. The van der Waals surface area contributed by atoms with Crippen LogP contribution >= 0.6 is 11.3 Å². The number of aromatic nitrogens is 3. The minimum atomic E-state index is 0.520. The maximum atomic E-state index is 5.88. The standard InChI is InChI=1S/C13H8N4S/c14-12-11-10(15-6-16-12)8-5-7-3-1-2-4-9(7)17-13(8)18-11/h1-6H,(H2,14,15,16). The molecule has 0 unspecified atom stereocenters. The van der Waals surface area contributed by atoms with Crippen LogP contribution in [0.2, 0.25) is 0 Å². The topological polar surface area (TPSA) is 64.7 Å². The van der Waals surface area contributed by atoms with Crippen LogP contribution in [-0.2, 0) is 0 Å². The van der Waals surface area contributed by atoms with Gasteiger partial charge in [0.05, 0.1) is 15.7 Å². The highest BCUT2D eigenvalue weighted by atomic mass is 32.1. The maximum Gasteiger partial charge on any atom is 0.144 e. The Balaban J connectivity index is 2.27. The number of anilines is 1. The summed E-state index contributed by atoms with van der Waals surface area (Å²) in [6.07, 6.45) is 1.50. The van der Waals surface area contributed by atoms with E-state index in [1.165, 1.54) is 6.33 Å². The lowest BCUT2D eigenvalue weighted by atomic mass is 10.2. The SMILES string of the molecule is Nc1ncnc2c1sc1nc3ccccc3cc12. The summed E-state index contributed by atoms with van der Waals surface area (Å²) in [5.41, 5.74) is 7.76. The number of nitrogens with zero attached hydrogens (tertiary/aromatic N) is 3. The van der Waals surface area contributed by atoms with Gasteiger partial charge in [-0.1, -0.05) is 18.2 Å². The summed E-state index contributed by atoms with van der Waals surface area (Å²) in [6.45, 7) is 0. The van der Waals surface area contributed by atoms with Crippen molar-refractivity contribution in [2.45, 2.75) is 0 Å². The highest BCUT2D eigenvalue weighted by Crippen LogP contribution is 2.35. The normalized spacial score (nSPS) is 11.6. The van der Waals surface area contributed by atoms with E-state index in [9.17, 15) is 0 Å². The molecule has 86 valence electrons. The Labute approximate surface area is 106 Å². The lowest BCUT2D eigenvalue weighted by Crippen LogP contribution is -1.89. The summed E-state index contributed by atoms with van der Waals surface area (Å²) in [7, 11) is 0. The summed E-state index contributed by atoms with van der Waals surface area (Å²) in [6, 6.07) is 10.2. The van der Waals surface area contributed by atoms with Crippen LogP contribution in [0.1, 0.15) is 0 Å². The van der Waals surface area contributed by atoms with Gasteiger partial charge in [-0.25, -0.2) is 15.0 Å². The number of nitrogen functional groups attached to an aromatic ring is 1. The minimum absolute atomic E-state index is 0.520. The summed E-state index contributed by atoms with van der Waals surface area (Å²) in [5, 5.41) is 2.16. The third-order valence-corrected chi connectivity index (χ3v) is 4.09. The first-order valence-corrected chi connectivity index (χ1v) is 6.33. The van der Waals surface area contributed by atoms with Crippen LogP contribution < -0.4 is 5.73 Å². The second kappa shape index (κ2) is 3.36. The van der Waals surface area contributed by atoms with Crippen molar-refractivity contribution < 1.29 is 0 Å². The molecule has 0 aliphatic heterocycles. The van der Waals surface area contributed by atoms with Crippen molar-refractivity contribution in [2.24, 2.45) is 0 Å². The van der Waals surface area contributed by atoms with Crippen molar-refractivity contribution in [1.29, 1.82) is 0 Å². The predicted octanol–water partition coefficient (Wildman–Crippen LogP) is 2.97. The van der Waals surface area contributed by atoms with Crippen LogP contribution in [0.4, 0.5) is 5.82 Å². The van der Waals surface area contributed by atoms with E-state index in [1.54, 1.807) is 11.3 Å². The molecule has 0 saturated carbocycles. The monoisotopic (exact) mass is 252 g/mol. The Morgan fingerprint density at radius 2 is 2.00 bits per heavy atom. The van der Waals surface area contributed by atoms with Crippen LogP contribution in [0, 0.1) is 0 Å². The number of thiophene rings is 1. The summed E-state index contributed by atoms with van der Waals surface area (Å²) < 4.78 is 0.912.